The summed E-state index contributed by atoms with van der Waals surface area (Å²) < 4.78 is 5.39. The molecule has 2 rings (SSSR count). The average molecular weight is 322 g/mol. The van der Waals surface area contributed by atoms with Gasteiger partial charge in [0.1, 0.15) is 6.61 Å². The van der Waals surface area contributed by atoms with Gasteiger partial charge in [-0.1, -0.05) is 80.4 Å². The van der Waals surface area contributed by atoms with Crippen molar-refractivity contribution in [1.29, 1.82) is 0 Å². The second-order valence-corrected chi connectivity index (χ2v) is 5.89. The maximum absolute atomic E-state index is 12.3. The van der Waals surface area contributed by atoms with Crippen LogP contribution in [0.3, 0.4) is 0 Å². The van der Waals surface area contributed by atoms with E-state index in [-0.39, 0.29) is 5.97 Å². The zero-order valence-electron chi connectivity index (χ0n) is 14.4. The molecule has 0 unspecified atom stereocenters. The van der Waals surface area contributed by atoms with E-state index < -0.39 is 0 Å². The zero-order valence-corrected chi connectivity index (χ0v) is 14.4. The molecule has 0 aromatic heterocycles. The van der Waals surface area contributed by atoms with Gasteiger partial charge >= 0.3 is 5.97 Å². The quantitative estimate of drug-likeness (QED) is 0.343. The van der Waals surface area contributed by atoms with Crippen molar-refractivity contribution in [1.82, 2.24) is 0 Å². The number of unbranched alkanes of at least 4 members (excludes halogenated alkanes) is 3. The molecule has 0 spiro atoms. The number of hydrogen-bond acceptors (Lipinski definition) is 2. The Morgan fingerprint density at radius 3 is 2.50 bits per heavy atom. The number of rotatable bonds is 9. The lowest BCUT2D eigenvalue weighted by atomic mass is 10.00. The van der Waals surface area contributed by atoms with E-state index in [1.807, 2.05) is 48.5 Å². The van der Waals surface area contributed by atoms with E-state index in [9.17, 15) is 4.79 Å². The fourth-order valence-electron chi connectivity index (χ4n) is 2.59. The van der Waals surface area contributed by atoms with E-state index in [2.05, 4.69) is 25.1 Å². The third-order valence-electron chi connectivity index (χ3n) is 3.93. The van der Waals surface area contributed by atoms with Crippen LogP contribution in [0.15, 0.2) is 66.7 Å². The monoisotopic (exact) mass is 322 g/mol. The molecule has 0 aliphatic carbocycles. The smallest absolute Gasteiger partial charge is 0.338 e. The van der Waals surface area contributed by atoms with Gasteiger partial charge < -0.3 is 4.74 Å². The van der Waals surface area contributed by atoms with Gasteiger partial charge in [-0.05, 0) is 36.5 Å². The van der Waals surface area contributed by atoms with Crippen molar-refractivity contribution in [3.05, 3.63) is 83.4 Å². The molecule has 2 aromatic rings. The predicted molar refractivity (Wildman–Crippen MR) is 99.3 cm³/mol. The van der Waals surface area contributed by atoms with Crippen LogP contribution in [0.25, 0.3) is 0 Å². The van der Waals surface area contributed by atoms with Gasteiger partial charge in [-0.25, -0.2) is 4.79 Å². The normalized spacial score (nSPS) is 10.9. The first kappa shape index (κ1) is 18.0. The minimum atomic E-state index is -0.250. The van der Waals surface area contributed by atoms with E-state index in [1.54, 1.807) is 0 Å². The molecule has 0 amide bonds. The van der Waals surface area contributed by atoms with Crippen LogP contribution in [0.2, 0.25) is 0 Å². The second-order valence-electron chi connectivity index (χ2n) is 5.89. The zero-order chi connectivity index (χ0) is 17.0. The second kappa shape index (κ2) is 10.4. The van der Waals surface area contributed by atoms with Crippen LogP contribution in [0.1, 0.15) is 54.1 Å². The molecule has 0 atom stereocenters. The molecule has 0 aliphatic heterocycles. The molecule has 0 heterocycles. The van der Waals surface area contributed by atoms with Crippen LogP contribution in [0.4, 0.5) is 0 Å². The molecule has 0 N–H and O–H groups in total. The SMILES string of the molecule is CCCCCC=CCOC(=O)c1ccccc1Cc1ccccc1. The number of allylic oxidation sites excluding steroid dienone is 1. The first-order valence-electron chi connectivity index (χ1n) is 8.75. The molecule has 0 saturated carbocycles. The molecule has 0 fully saturated rings. The van der Waals surface area contributed by atoms with Gasteiger partial charge in [-0.15, -0.1) is 0 Å². The predicted octanol–water partition coefficient (Wildman–Crippen LogP) is 5.57. The van der Waals surface area contributed by atoms with E-state index in [0.717, 1.165) is 18.4 Å². The Hall–Kier alpha value is -2.35. The summed E-state index contributed by atoms with van der Waals surface area (Å²) in [5.41, 5.74) is 2.84. The molecule has 0 bridgehead atoms. The third kappa shape index (κ3) is 6.04. The van der Waals surface area contributed by atoms with Crippen molar-refractivity contribution in [3.8, 4) is 0 Å². The summed E-state index contributed by atoms with van der Waals surface area (Å²) in [6.07, 6.45) is 9.49. The molecule has 126 valence electrons. The lowest BCUT2D eigenvalue weighted by molar-refractivity contribution is 0.0548. The van der Waals surface area contributed by atoms with Crippen molar-refractivity contribution in [2.24, 2.45) is 0 Å². The third-order valence-corrected chi connectivity index (χ3v) is 3.93. The van der Waals surface area contributed by atoms with Crippen LogP contribution in [-0.4, -0.2) is 12.6 Å². The highest BCUT2D eigenvalue weighted by atomic mass is 16.5. The van der Waals surface area contributed by atoms with Crippen molar-refractivity contribution in [2.75, 3.05) is 6.61 Å². The highest BCUT2D eigenvalue weighted by molar-refractivity contribution is 5.91. The maximum Gasteiger partial charge on any atom is 0.338 e. The fourth-order valence-corrected chi connectivity index (χ4v) is 2.59. The average Bonchev–Trinajstić information content (AvgIpc) is 2.62. The number of carbonyl (C=O) groups excluding carboxylic acids is 1. The number of ether oxygens (including phenoxy) is 1. The molecule has 2 heteroatoms. The van der Waals surface area contributed by atoms with Gasteiger partial charge in [-0.2, -0.15) is 0 Å². The molecule has 2 aromatic carbocycles. The van der Waals surface area contributed by atoms with Crippen molar-refractivity contribution in [3.63, 3.8) is 0 Å². The first-order valence-corrected chi connectivity index (χ1v) is 8.75. The topological polar surface area (TPSA) is 26.3 Å². The summed E-state index contributed by atoms with van der Waals surface area (Å²) in [5.74, 6) is -0.250. The van der Waals surface area contributed by atoms with E-state index in [0.29, 0.717) is 12.2 Å². The number of esters is 1. The molecule has 0 radical (unpaired) electrons. The fraction of sp³-hybridized carbons (Fsp3) is 0.318. The number of benzene rings is 2. The number of carbonyl (C=O) groups is 1. The molecule has 24 heavy (non-hydrogen) atoms. The summed E-state index contributed by atoms with van der Waals surface area (Å²) >= 11 is 0. The van der Waals surface area contributed by atoms with E-state index in [4.69, 9.17) is 4.74 Å². The minimum Gasteiger partial charge on any atom is -0.458 e. The van der Waals surface area contributed by atoms with Crippen LogP contribution in [-0.2, 0) is 11.2 Å². The Morgan fingerprint density at radius 2 is 1.71 bits per heavy atom. The van der Waals surface area contributed by atoms with Crippen molar-refractivity contribution in [2.45, 2.75) is 39.0 Å². The summed E-state index contributed by atoms with van der Waals surface area (Å²) in [7, 11) is 0. The summed E-state index contributed by atoms with van der Waals surface area (Å²) in [5, 5.41) is 0. The summed E-state index contributed by atoms with van der Waals surface area (Å²) in [6.45, 7) is 2.53. The molecule has 0 aliphatic rings. The van der Waals surface area contributed by atoms with Gasteiger partial charge in [-0.3, -0.25) is 0 Å². The van der Waals surface area contributed by atoms with Crippen LogP contribution in [0.5, 0.6) is 0 Å². The Balaban J connectivity index is 1.90. The Kier molecular flexibility index (Phi) is 7.82. The highest BCUT2D eigenvalue weighted by Gasteiger charge is 2.11. The molecular weight excluding hydrogens is 296 g/mol. The Labute approximate surface area is 145 Å². The lowest BCUT2D eigenvalue weighted by Gasteiger charge is -2.09. The molecular formula is C22H26O2. The highest BCUT2D eigenvalue weighted by Crippen LogP contribution is 2.15. The van der Waals surface area contributed by atoms with Gasteiger partial charge in [0, 0.05) is 0 Å². The van der Waals surface area contributed by atoms with Crippen LogP contribution < -0.4 is 0 Å². The summed E-state index contributed by atoms with van der Waals surface area (Å²) in [6, 6.07) is 17.8. The minimum absolute atomic E-state index is 0.250. The van der Waals surface area contributed by atoms with Gasteiger partial charge in [0.25, 0.3) is 0 Å². The Bertz CT molecular complexity index is 644. The van der Waals surface area contributed by atoms with Gasteiger partial charge in [0.05, 0.1) is 5.56 Å². The summed E-state index contributed by atoms with van der Waals surface area (Å²) in [4.78, 5) is 12.3. The van der Waals surface area contributed by atoms with E-state index in [1.165, 1.54) is 24.8 Å². The van der Waals surface area contributed by atoms with Crippen LogP contribution >= 0.6 is 0 Å². The van der Waals surface area contributed by atoms with Crippen LogP contribution in [0, 0.1) is 0 Å². The lowest BCUT2D eigenvalue weighted by Crippen LogP contribution is -2.08. The Morgan fingerprint density at radius 1 is 0.958 bits per heavy atom. The molecule has 0 saturated heterocycles. The number of hydrogen-bond donors (Lipinski definition) is 0. The standard InChI is InChI=1S/C22H26O2/c1-2-3-4-5-6-12-17-24-22(23)21-16-11-10-15-20(21)18-19-13-8-7-9-14-19/h6-16H,2-5,17-18H2,1H3. The maximum atomic E-state index is 12.3. The van der Waals surface area contributed by atoms with Crippen molar-refractivity contribution >= 4 is 5.97 Å². The van der Waals surface area contributed by atoms with Crippen molar-refractivity contribution < 1.29 is 9.53 Å². The largest absolute Gasteiger partial charge is 0.458 e. The van der Waals surface area contributed by atoms with E-state index >= 15 is 0 Å². The first-order chi connectivity index (χ1) is 11.8. The van der Waals surface area contributed by atoms with Gasteiger partial charge in [0.15, 0.2) is 0 Å². The van der Waals surface area contributed by atoms with Gasteiger partial charge in [0.2, 0.25) is 0 Å². The molecule has 2 nitrogen and oxygen atoms in total.